The molecule has 92 valence electrons. The normalized spacial score (nSPS) is 20.8. The zero-order valence-corrected chi connectivity index (χ0v) is 10.5. The summed E-state index contributed by atoms with van der Waals surface area (Å²) in [6, 6.07) is 4.10. The molecule has 0 aliphatic carbocycles. The van der Waals surface area contributed by atoms with Crippen molar-refractivity contribution in [3.8, 4) is 11.5 Å². The van der Waals surface area contributed by atoms with Gasteiger partial charge in [0.1, 0.15) is 13.2 Å². The molecule has 17 heavy (non-hydrogen) atoms. The van der Waals surface area contributed by atoms with Crippen molar-refractivity contribution in [2.45, 2.75) is 12.3 Å². The smallest absolute Gasteiger partial charge is 0.161 e. The Balaban J connectivity index is 2.05. The summed E-state index contributed by atoms with van der Waals surface area (Å²) >= 11 is 6.10. The summed E-state index contributed by atoms with van der Waals surface area (Å²) in [6.07, 6.45) is 0. The predicted octanol–water partition coefficient (Wildman–Crippen LogP) is 2.27. The minimum atomic E-state index is -0.0402. The molecule has 1 aromatic rings. The number of ether oxygens (including phenoxy) is 3. The van der Waals surface area contributed by atoms with Crippen LogP contribution in [0.4, 0.5) is 0 Å². The first kappa shape index (κ1) is 11.2. The molecule has 2 aliphatic rings. The Bertz CT molecular complexity index is 435. The van der Waals surface area contributed by atoms with Gasteiger partial charge in [0.2, 0.25) is 0 Å². The molecule has 3 rings (SSSR count). The van der Waals surface area contributed by atoms with Crippen LogP contribution < -0.4 is 9.47 Å². The molecule has 2 aliphatic heterocycles. The monoisotopic (exact) mass is 254 g/mol. The number of hydrogen-bond donors (Lipinski definition) is 0. The van der Waals surface area contributed by atoms with Crippen molar-refractivity contribution >= 4 is 11.6 Å². The van der Waals surface area contributed by atoms with Gasteiger partial charge < -0.3 is 14.2 Å². The Morgan fingerprint density at radius 3 is 2.35 bits per heavy atom. The molecule has 0 spiro atoms. The number of rotatable bonds is 2. The van der Waals surface area contributed by atoms with Gasteiger partial charge in [-0.2, -0.15) is 0 Å². The minimum absolute atomic E-state index is 0.0402. The van der Waals surface area contributed by atoms with Crippen molar-refractivity contribution in [1.82, 2.24) is 0 Å². The first-order chi connectivity index (χ1) is 8.25. The number of aryl methyl sites for hydroxylation is 1. The van der Waals surface area contributed by atoms with Gasteiger partial charge in [-0.05, 0) is 30.2 Å². The molecule has 0 atom stereocenters. The second-order valence-corrected chi connectivity index (χ2v) is 4.98. The average Bonchev–Trinajstić information content (AvgIpc) is 2.29. The summed E-state index contributed by atoms with van der Waals surface area (Å²) in [4.78, 5) is 0. The Kier molecular flexibility index (Phi) is 2.68. The van der Waals surface area contributed by atoms with E-state index in [-0.39, 0.29) is 5.41 Å². The van der Waals surface area contributed by atoms with E-state index in [1.54, 1.807) is 0 Å². The van der Waals surface area contributed by atoms with Crippen molar-refractivity contribution in [3.05, 3.63) is 23.3 Å². The lowest BCUT2D eigenvalue weighted by Gasteiger charge is -2.41. The number of benzene rings is 1. The third-order valence-corrected chi connectivity index (χ3v) is 3.98. The fraction of sp³-hybridized carbons (Fsp3) is 0.538. The Labute approximate surface area is 106 Å². The van der Waals surface area contributed by atoms with E-state index in [0.29, 0.717) is 32.3 Å². The van der Waals surface area contributed by atoms with E-state index < -0.39 is 0 Å². The van der Waals surface area contributed by atoms with Crippen molar-refractivity contribution in [3.63, 3.8) is 0 Å². The van der Waals surface area contributed by atoms with Gasteiger partial charge in [-0.1, -0.05) is 0 Å². The van der Waals surface area contributed by atoms with E-state index in [1.165, 1.54) is 11.1 Å². The summed E-state index contributed by atoms with van der Waals surface area (Å²) in [5.41, 5.74) is 2.38. The van der Waals surface area contributed by atoms with Crippen LogP contribution >= 0.6 is 11.6 Å². The molecule has 4 heteroatoms. The molecule has 0 amide bonds. The number of halogens is 1. The van der Waals surface area contributed by atoms with Crippen LogP contribution in [-0.4, -0.2) is 32.3 Å². The van der Waals surface area contributed by atoms with Crippen molar-refractivity contribution in [1.29, 1.82) is 0 Å². The zero-order chi connectivity index (χ0) is 11.9. The molecule has 0 radical (unpaired) electrons. The van der Waals surface area contributed by atoms with Crippen LogP contribution in [0.2, 0.25) is 0 Å². The highest BCUT2D eigenvalue weighted by atomic mass is 35.5. The van der Waals surface area contributed by atoms with Crippen LogP contribution in [0.25, 0.3) is 0 Å². The van der Waals surface area contributed by atoms with Gasteiger partial charge in [-0.3, -0.25) is 0 Å². The molecule has 1 saturated heterocycles. The molecule has 0 aromatic heterocycles. The molecular formula is C13H15ClO3. The van der Waals surface area contributed by atoms with Crippen LogP contribution in [0.5, 0.6) is 11.5 Å². The van der Waals surface area contributed by atoms with Crippen LogP contribution in [-0.2, 0) is 10.2 Å². The fourth-order valence-corrected chi connectivity index (χ4v) is 2.71. The highest BCUT2D eigenvalue weighted by molar-refractivity contribution is 6.18. The van der Waals surface area contributed by atoms with E-state index in [9.17, 15) is 0 Å². The minimum Gasteiger partial charge on any atom is -0.486 e. The lowest BCUT2D eigenvalue weighted by molar-refractivity contribution is -0.0484. The topological polar surface area (TPSA) is 27.7 Å². The highest BCUT2D eigenvalue weighted by Crippen LogP contribution is 2.41. The van der Waals surface area contributed by atoms with E-state index in [2.05, 4.69) is 13.0 Å². The largest absolute Gasteiger partial charge is 0.486 e. The second-order valence-electron chi connectivity index (χ2n) is 4.72. The Morgan fingerprint density at radius 1 is 1.18 bits per heavy atom. The first-order valence-electron chi connectivity index (χ1n) is 5.80. The average molecular weight is 255 g/mol. The van der Waals surface area contributed by atoms with Gasteiger partial charge in [-0.25, -0.2) is 0 Å². The van der Waals surface area contributed by atoms with Gasteiger partial charge in [0.05, 0.1) is 18.6 Å². The molecule has 2 heterocycles. The molecular weight excluding hydrogens is 240 g/mol. The summed E-state index contributed by atoms with van der Waals surface area (Å²) in [5, 5.41) is 0. The van der Waals surface area contributed by atoms with Crippen molar-refractivity contribution < 1.29 is 14.2 Å². The van der Waals surface area contributed by atoms with Gasteiger partial charge in [0, 0.05) is 5.88 Å². The Hall–Kier alpha value is -0.930. The quantitative estimate of drug-likeness (QED) is 0.758. The van der Waals surface area contributed by atoms with Gasteiger partial charge in [-0.15, -0.1) is 11.6 Å². The van der Waals surface area contributed by atoms with E-state index in [1.807, 2.05) is 6.07 Å². The lowest BCUT2D eigenvalue weighted by atomic mass is 9.78. The molecule has 3 nitrogen and oxygen atoms in total. The summed E-state index contributed by atoms with van der Waals surface area (Å²) in [6.45, 7) is 4.70. The molecule has 1 aromatic carbocycles. The number of fused-ring (bicyclic) bond motifs is 1. The summed E-state index contributed by atoms with van der Waals surface area (Å²) in [5.74, 6) is 2.24. The van der Waals surface area contributed by atoms with Gasteiger partial charge >= 0.3 is 0 Å². The second kappa shape index (κ2) is 4.07. The number of alkyl halides is 1. The Morgan fingerprint density at radius 2 is 1.82 bits per heavy atom. The zero-order valence-electron chi connectivity index (χ0n) is 9.79. The maximum Gasteiger partial charge on any atom is 0.161 e. The van der Waals surface area contributed by atoms with E-state index in [0.717, 1.165) is 11.5 Å². The molecule has 0 unspecified atom stereocenters. The van der Waals surface area contributed by atoms with Gasteiger partial charge in [0.15, 0.2) is 11.5 Å². The number of hydrogen-bond acceptors (Lipinski definition) is 3. The summed E-state index contributed by atoms with van der Waals surface area (Å²) in [7, 11) is 0. The van der Waals surface area contributed by atoms with Crippen LogP contribution in [0, 0.1) is 6.92 Å². The third-order valence-electron chi connectivity index (χ3n) is 3.47. The molecule has 0 N–H and O–H groups in total. The summed E-state index contributed by atoms with van der Waals surface area (Å²) < 4.78 is 16.5. The van der Waals surface area contributed by atoms with E-state index in [4.69, 9.17) is 25.8 Å². The highest BCUT2D eigenvalue weighted by Gasteiger charge is 2.41. The van der Waals surface area contributed by atoms with Crippen LogP contribution in [0.3, 0.4) is 0 Å². The maximum absolute atomic E-state index is 6.10. The maximum atomic E-state index is 6.10. The van der Waals surface area contributed by atoms with Crippen molar-refractivity contribution in [2.24, 2.45) is 0 Å². The van der Waals surface area contributed by atoms with E-state index >= 15 is 0 Å². The van der Waals surface area contributed by atoms with Gasteiger partial charge in [0.25, 0.3) is 0 Å². The molecule has 1 fully saturated rings. The third kappa shape index (κ3) is 1.69. The molecule has 0 bridgehead atoms. The predicted molar refractivity (Wildman–Crippen MR) is 65.4 cm³/mol. The molecule has 0 saturated carbocycles. The standard InChI is InChI=1S/C13H15ClO3/c1-9-4-11-12(17-3-2-16-11)5-10(9)13(6-14)7-15-8-13/h4-5H,2-3,6-8H2,1H3. The lowest BCUT2D eigenvalue weighted by Crippen LogP contribution is -2.48. The van der Waals surface area contributed by atoms with Crippen molar-refractivity contribution in [2.75, 3.05) is 32.3 Å². The SMILES string of the molecule is Cc1cc2c(cc1C1(CCl)COC1)OCCO2. The fourth-order valence-electron chi connectivity index (χ4n) is 2.41. The van der Waals surface area contributed by atoms with Crippen LogP contribution in [0.15, 0.2) is 12.1 Å². The van der Waals surface area contributed by atoms with Crippen LogP contribution in [0.1, 0.15) is 11.1 Å². The first-order valence-corrected chi connectivity index (χ1v) is 6.33.